The second-order valence-electron chi connectivity index (χ2n) is 6.47. The lowest BCUT2D eigenvalue weighted by molar-refractivity contribution is -0.180. The molecule has 0 aromatic heterocycles. The molecule has 1 amide bonds. The van der Waals surface area contributed by atoms with Crippen LogP contribution in [0.1, 0.15) is 32.1 Å². The maximum atomic E-state index is 12.6. The second kappa shape index (κ2) is 5.20. The molecular weight excluding hydrogens is 269 g/mol. The van der Waals surface area contributed by atoms with E-state index in [0.29, 0.717) is 18.3 Å². The van der Waals surface area contributed by atoms with Gasteiger partial charge in [0.25, 0.3) is 0 Å². The van der Waals surface area contributed by atoms with E-state index >= 15 is 0 Å². The Balaban J connectivity index is 1.52. The molecule has 1 N–H and O–H groups in total. The van der Waals surface area contributed by atoms with Gasteiger partial charge in [-0.15, -0.1) is 0 Å². The number of rotatable bonds is 1. The fourth-order valence-corrected chi connectivity index (χ4v) is 3.98. The molecule has 0 spiro atoms. The molecule has 4 atom stereocenters. The van der Waals surface area contributed by atoms with Crippen LogP contribution in [0.3, 0.4) is 0 Å². The van der Waals surface area contributed by atoms with Gasteiger partial charge in [-0.3, -0.25) is 4.79 Å². The van der Waals surface area contributed by atoms with Crippen molar-refractivity contribution in [1.29, 1.82) is 0 Å². The van der Waals surface area contributed by atoms with Crippen LogP contribution < -0.4 is 5.32 Å². The number of carbonyl (C=O) groups is 1. The lowest BCUT2D eigenvalue weighted by Gasteiger charge is -2.32. The van der Waals surface area contributed by atoms with Crippen molar-refractivity contribution >= 4 is 5.91 Å². The molecule has 0 aromatic carbocycles. The minimum atomic E-state index is -4.15. The van der Waals surface area contributed by atoms with Crippen LogP contribution in [0.5, 0.6) is 0 Å². The third-order valence-corrected chi connectivity index (χ3v) is 5.21. The van der Waals surface area contributed by atoms with Gasteiger partial charge < -0.3 is 10.2 Å². The first kappa shape index (κ1) is 14.2. The summed E-state index contributed by atoms with van der Waals surface area (Å²) in [5, 5.41) is 2.81. The summed E-state index contributed by atoms with van der Waals surface area (Å²) >= 11 is 0. The molecule has 2 heterocycles. The van der Waals surface area contributed by atoms with Crippen molar-refractivity contribution in [2.75, 3.05) is 19.6 Å². The van der Waals surface area contributed by atoms with E-state index in [1.807, 2.05) is 4.90 Å². The molecular formula is C14H21F3N2O. The molecule has 2 aliphatic heterocycles. The molecule has 4 unspecified atom stereocenters. The number of hydrogen-bond acceptors (Lipinski definition) is 2. The van der Waals surface area contributed by atoms with Gasteiger partial charge in [0.2, 0.25) is 5.91 Å². The van der Waals surface area contributed by atoms with Crippen LogP contribution >= 0.6 is 0 Å². The summed E-state index contributed by atoms with van der Waals surface area (Å²) in [6.45, 7) is 1.50. The number of amides is 1. The molecule has 3 aliphatic rings. The van der Waals surface area contributed by atoms with Gasteiger partial charge in [0.15, 0.2) is 0 Å². The molecule has 114 valence electrons. The Labute approximate surface area is 116 Å². The van der Waals surface area contributed by atoms with E-state index in [1.165, 1.54) is 19.3 Å². The number of halogens is 3. The zero-order valence-corrected chi connectivity index (χ0v) is 11.5. The molecule has 3 rings (SSSR count). The molecule has 0 radical (unpaired) electrons. The first-order valence-corrected chi connectivity index (χ1v) is 7.54. The summed E-state index contributed by atoms with van der Waals surface area (Å²) < 4.78 is 37.8. The van der Waals surface area contributed by atoms with E-state index < -0.39 is 18.1 Å². The van der Waals surface area contributed by atoms with Crippen molar-refractivity contribution in [3.8, 4) is 0 Å². The topological polar surface area (TPSA) is 32.3 Å². The molecule has 2 saturated heterocycles. The zero-order chi connectivity index (χ0) is 14.3. The quantitative estimate of drug-likeness (QED) is 0.803. The van der Waals surface area contributed by atoms with E-state index in [2.05, 4.69) is 5.32 Å². The third kappa shape index (κ3) is 2.67. The van der Waals surface area contributed by atoms with Crippen LogP contribution in [0.4, 0.5) is 13.2 Å². The lowest BCUT2D eigenvalue weighted by Crippen LogP contribution is -2.52. The van der Waals surface area contributed by atoms with Gasteiger partial charge in [-0.25, -0.2) is 0 Å². The highest BCUT2D eigenvalue weighted by atomic mass is 19.4. The number of nitrogens with one attached hydrogen (secondary N) is 1. The molecule has 1 aliphatic carbocycles. The molecule has 0 bridgehead atoms. The Kier molecular flexibility index (Phi) is 3.69. The van der Waals surface area contributed by atoms with Crippen LogP contribution in [0, 0.1) is 17.8 Å². The van der Waals surface area contributed by atoms with E-state index in [0.717, 1.165) is 13.1 Å². The second-order valence-corrected chi connectivity index (χ2v) is 6.47. The molecule has 20 heavy (non-hydrogen) atoms. The average molecular weight is 290 g/mol. The van der Waals surface area contributed by atoms with Gasteiger partial charge in [0.1, 0.15) is 0 Å². The summed E-state index contributed by atoms with van der Waals surface area (Å²) in [7, 11) is 0. The Hall–Kier alpha value is -0.780. The van der Waals surface area contributed by atoms with Crippen LogP contribution in [0.15, 0.2) is 0 Å². The Morgan fingerprint density at radius 1 is 1.05 bits per heavy atom. The van der Waals surface area contributed by atoms with E-state index in [-0.39, 0.29) is 18.9 Å². The minimum Gasteiger partial charge on any atom is -0.341 e. The van der Waals surface area contributed by atoms with Crippen molar-refractivity contribution in [3.05, 3.63) is 0 Å². The van der Waals surface area contributed by atoms with Gasteiger partial charge >= 0.3 is 6.18 Å². The monoisotopic (exact) mass is 290 g/mol. The fraction of sp³-hybridized carbons (Fsp3) is 0.929. The Bertz CT molecular complexity index is 365. The predicted molar refractivity (Wildman–Crippen MR) is 68.0 cm³/mol. The van der Waals surface area contributed by atoms with E-state index in [4.69, 9.17) is 0 Å². The van der Waals surface area contributed by atoms with Crippen molar-refractivity contribution in [2.45, 2.75) is 44.3 Å². The largest absolute Gasteiger partial charge is 0.393 e. The summed E-state index contributed by atoms with van der Waals surface area (Å²) in [6.07, 6.45) is -0.133. The summed E-state index contributed by atoms with van der Waals surface area (Å²) in [6, 6.07) is -0.410. The summed E-state index contributed by atoms with van der Waals surface area (Å²) in [5.41, 5.74) is 0. The van der Waals surface area contributed by atoms with Crippen molar-refractivity contribution in [1.82, 2.24) is 10.2 Å². The summed E-state index contributed by atoms with van der Waals surface area (Å²) in [5.74, 6) is -0.0274. The number of alkyl halides is 3. The average Bonchev–Trinajstić information content (AvgIpc) is 2.97. The van der Waals surface area contributed by atoms with Crippen molar-refractivity contribution in [2.24, 2.45) is 17.8 Å². The predicted octanol–water partition coefficient (Wildman–Crippen LogP) is 2.18. The van der Waals surface area contributed by atoms with E-state index in [1.54, 1.807) is 0 Å². The SMILES string of the molecule is O=C(C1CCC(C(F)(F)F)CN1)N1CC2CCCC2C1. The fourth-order valence-electron chi connectivity index (χ4n) is 3.98. The van der Waals surface area contributed by atoms with Gasteiger partial charge in [-0.2, -0.15) is 13.2 Å². The number of fused-ring (bicyclic) bond motifs is 1. The molecule has 0 aromatic rings. The smallest absolute Gasteiger partial charge is 0.341 e. The van der Waals surface area contributed by atoms with E-state index in [9.17, 15) is 18.0 Å². The third-order valence-electron chi connectivity index (χ3n) is 5.21. The zero-order valence-electron chi connectivity index (χ0n) is 11.5. The normalized spacial score (nSPS) is 38.0. The van der Waals surface area contributed by atoms with Gasteiger partial charge in [-0.05, 0) is 37.5 Å². The van der Waals surface area contributed by atoms with Gasteiger partial charge in [0, 0.05) is 19.6 Å². The highest BCUT2D eigenvalue weighted by Gasteiger charge is 2.44. The number of carbonyl (C=O) groups excluding carboxylic acids is 1. The molecule has 6 heteroatoms. The van der Waals surface area contributed by atoms with Crippen LogP contribution in [0.25, 0.3) is 0 Å². The maximum Gasteiger partial charge on any atom is 0.393 e. The Morgan fingerprint density at radius 2 is 1.70 bits per heavy atom. The first-order valence-electron chi connectivity index (χ1n) is 7.54. The first-order chi connectivity index (χ1) is 9.45. The van der Waals surface area contributed by atoms with Crippen molar-refractivity contribution in [3.63, 3.8) is 0 Å². The number of likely N-dealkylation sites (tertiary alicyclic amines) is 1. The van der Waals surface area contributed by atoms with Crippen LogP contribution in [-0.2, 0) is 4.79 Å². The lowest BCUT2D eigenvalue weighted by atomic mass is 9.93. The minimum absolute atomic E-state index is 0.0139. The summed E-state index contributed by atoms with van der Waals surface area (Å²) in [4.78, 5) is 14.2. The number of nitrogens with zero attached hydrogens (tertiary/aromatic N) is 1. The molecule has 3 fully saturated rings. The molecule has 3 nitrogen and oxygen atoms in total. The highest BCUT2D eigenvalue weighted by molar-refractivity contribution is 5.82. The van der Waals surface area contributed by atoms with Gasteiger partial charge in [-0.1, -0.05) is 6.42 Å². The maximum absolute atomic E-state index is 12.6. The Morgan fingerprint density at radius 3 is 2.20 bits per heavy atom. The van der Waals surface area contributed by atoms with Crippen LogP contribution in [0.2, 0.25) is 0 Å². The number of piperidine rings is 1. The van der Waals surface area contributed by atoms with Crippen LogP contribution in [-0.4, -0.2) is 42.7 Å². The standard InChI is InChI=1S/C14H21F3N2O/c15-14(16,17)11-4-5-12(18-6-11)13(20)19-7-9-2-1-3-10(9)8-19/h9-12,18H,1-8H2. The van der Waals surface area contributed by atoms with Crippen molar-refractivity contribution < 1.29 is 18.0 Å². The molecule has 1 saturated carbocycles. The number of hydrogen-bond donors (Lipinski definition) is 1. The highest BCUT2D eigenvalue weighted by Crippen LogP contribution is 2.38. The van der Waals surface area contributed by atoms with Gasteiger partial charge in [0.05, 0.1) is 12.0 Å².